The van der Waals surface area contributed by atoms with Crippen molar-refractivity contribution in [3.8, 4) is 0 Å². The molecule has 1 atom stereocenters. The molecule has 0 fully saturated rings. The van der Waals surface area contributed by atoms with Gasteiger partial charge in [0.2, 0.25) is 0 Å². The Morgan fingerprint density at radius 1 is 1.16 bits per heavy atom. The Labute approximate surface area is 120 Å². The van der Waals surface area contributed by atoms with Crippen LogP contribution in [0, 0.1) is 0 Å². The van der Waals surface area contributed by atoms with E-state index in [2.05, 4.69) is 74.6 Å². The molecule has 1 unspecified atom stereocenters. The van der Waals surface area contributed by atoms with Crippen LogP contribution in [-0.2, 0) is 6.42 Å². The highest BCUT2D eigenvalue weighted by Gasteiger charge is 2.11. The third-order valence-corrected chi connectivity index (χ3v) is 4.63. The van der Waals surface area contributed by atoms with Crippen LogP contribution in [0.5, 0.6) is 0 Å². The summed E-state index contributed by atoms with van der Waals surface area (Å²) in [5, 5.41) is 3.61. The topological polar surface area (TPSA) is 15.3 Å². The number of benzene rings is 1. The highest BCUT2D eigenvalue weighted by Crippen LogP contribution is 2.30. The highest BCUT2D eigenvalue weighted by molar-refractivity contribution is 7.12. The predicted octanol–water partition coefficient (Wildman–Crippen LogP) is 4.55. The van der Waals surface area contributed by atoms with Gasteiger partial charge >= 0.3 is 0 Å². The minimum Gasteiger partial charge on any atom is -0.376 e. The summed E-state index contributed by atoms with van der Waals surface area (Å²) in [5.74, 6) is 0. The van der Waals surface area contributed by atoms with Crippen molar-refractivity contribution in [2.45, 2.75) is 26.3 Å². The zero-order chi connectivity index (χ0) is 13.8. The number of para-hydroxylation sites is 2. The van der Waals surface area contributed by atoms with E-state index in [9.17, 15) is 0 Å². The van der Waals surface area contributed by atoms with E-state index in [1.165, 1.54) is 21.1 Å². The van der Waals surface area contributed by atoms with Crippen LogP contribution in [0.1, 0.15) is 29.6 Å². The number of thiophene rings is 1. The van der Waals surface area contributed by atoms with Gasteiger partial charge in [-0.1, -0.05) is 19.1 Å². The van der Waals surface area contributed by atoms with Crippen molar-refractivity contribution in [3.63, 3.8) is 0 Å². The van der Waals surface area contributed by atoms with E-state index in [4.69, 9.17) is 0 Å². The number of nitrogens with zero attached hydrogens (tertiary/aromatic N) is 1. The lowest BCUT2D eigenvalue weighted by Gasteiger charge is -2.21. The Kier molecular flexibility index (Phi) is 4.48. The van der Waals surface area contributed by atoms with Crippen LogP contribution >= 0.6 is 11.3 Å². The van der Waals surface area contributed by atoms with Gasteiger partial charge in [0.15, 0.2) is 0 Å². The third kappa shape index (κ3) is 3.29. The van der Waals surface area contributed by atoms with Gasteiger partial charge in [0.05, 0.1) is 17.4 Å². The average molecular weight is 274 g/mol. The van der Waals surface area contributed by atoms with Gasteiger partial charge in [-0.25, -0.2) is 0 Å². The van der Waals surface area contributed by atoms with Crippen LogP contribution < -0.4 is 10.2 Å². The first-order valence-corrected chi connectivity index (χ1v) is 7.55. The summed E-state index contributed by atoms with van der Waals surface area (Å²) in [6, 6.07) is 13.2. The molecule has 102 valence electrons. The second-order valence-electron chi connectivity index (χ2n) is 4.94. The fraction of sp³-hybridized carbons (Fsp3) is 0.375. The van der Waals surface area contributed by atoms with Crippen LogP contribution in [0.4, 0.5) is 11.4 Å². The summed E-state index contributed by atoms with van der Waals surface area (Å²) in [6.45, 7) is 4.42. The molecule has 0 aliphatic heterocycles. The standard InChI is InChI=1S/C16H22N2S/c1-5-13-10-11-16(19-13)12(2)17-14-8-6-7-9-15(14)18(3)4/h6-12,17H,5H2,1-4H3. The molecule has 19 heavy (non-hydrogen) atoms. The van der Waals surface area contributed by atoms with Crippen molar-refractivity contribution in [1.82, 2.24) is 0 Å². The molecule has 0 aliphatic carbocycles. The molecule has 2 nitrogen and oxygen atoms in total. The average Bonchev–Trinajstić information content (AvgIpc) is 2.88. The molecule has 0 spiro atoms. The van der Waals surface area contributed by atoms with E-state index in [0.717, 1.165) is 6.42 Å². The molecule has 0 saturated heterocycles. The Morgan fingerprint density at radius 2 is 1.89 bits per heavy atom. The minimum absolute atomic E-state index is 0.339. The molecular formula is C16H22N2S. The molecule has 1 aromatic heterocycles. The first kappa shape index (κ1) is 13.9. The number of rotatable bonds is 5. The van der Waals surface area contributed by atoms with Gasteiger partial charge in [-0.2, -0.15) is 0 Å². The maximum atomic E-state index is 3.61. The predicted molar refractivity (Wildman–Crippen MR) is 86.5 cm³/mol. The van der Waals surface area contributed by atoms with E-state index in [0.29, 0.717) is 6.04 Å². The Hall–Kier alpha value is -1.48. The summed E-state index contributed by atoms with van der Waals surface area (Å²) in [4.78, 5) is 4.98. The van der Waals surface area contributed by atoms with E-state index < -0.39 is 0 Å². The lowest BCUT2D eigenvalue weighted by Crippen LogP contribution is -2.13. The molecule has 0 bridgehead atoms. The van der Waals surface area contributed by atoms with Gasteiger partial charge in [0, 0.05) is 23.8 Å². The summed E-state index contributed by atoms with van der Waals surface area (Å²) < 4.78 is 0. The van der Waals surface area contributed by atoms with E-state index in [-0.39, 0.29) is 0 Å². The second kappa shape index (κ2) is 6.11. The molecule has 0 aliphatic rings. The molecule has 3 heteroatoms. The largest absolute Gasteiger partial charge is 0.376 e. The lowest BCUT2D eigenvalue weighted by molar-refractivity contribution is 0.905. The van der Waals surface area contributed by atoms with Crippen LogP contribution in [0.2, 0.25) is 0 Å². The van der Waals surface area contributed by atoms with Gasteiger partial charge in [0.25, 0.3) is 0 Å². The normalized spacial score (nSPS) is 12.2. The summed E-state index contributed by atoms with van der Waals surface area (Å²) in [6.07, 6.45) is 1.12. The quantitative estimate of drug-likeness (QED) is 0.860. The van der Waals surface area contributed by atoms with Crippen LogP contribution in [-0.4, -0.2) is 14.1 Å². The lowest BCUT2D eigenvalue weighted by atomic mass is 10.2. The Bertz CT molecular complexity index is 531. The molecule has 2 rings (SSSR count). The van der Waals surface area contributed by atoms with Gasteiger partial charge in [-0.3, -0.25) is 0 Å². The van der Waals surface area contributed by atoms with Crippen molar-refractivity contribution in [2.24, 2.45) is 0 Å². The number of aryl methyl sites for hydroxylation is 1. The van der Waals surface area contributed by atoms with Crippen molar-refractivity contribution >= 4 is 22.7 Å². The second-order valence-corrected chi connectivity index (χ2v) is 6.14. The molecule has 0 radical (unpaired) electrons. The summed E-state index contributed by atoms with van der Waals surface area (Å²) in [7, 11) is 4.15. The maximum absolute atomic E-state index is 3.61. The van der Waals surface area contributed by atoms with Crippen LogP contribution in [0.3, 0.4) is 0 Å². The van der Waals surface area contributed by atoms with Crippen molar-refractivity contribution in [2.75, 3.05) is 24.3 Å². The molecule has 1 N–H and O–H groups in total. The number of anilines is 2. The zero-order valence-corrected chi connectivity index (χ0v) is 12.9. The molecule has 1 aromatic carbocycles. The van der Waals surface area contributed by atoms with Crippen LogP contribution in [0.15, 0.2) is 36.4 Å². The third-order valence-electron chi connectivity index (χ3n) is 3.22. The summed E-state index contributed by atoms with van der Waals surface area (Å²) >= 11 is 1.90. The van der Waals surface area contributed by atoms with E-state index in [1.54, 1.807) is 0 Å². The molecular weight excluding hydrogens is 252 g/mol. The zero-order valence-electron chi connectivity index (χ0n) is 12.1. The minimum atomic E-state index is 0.339. The summed E-state index contributed by atoms with van der Waals surface area (Å²) in [5.41, 5.74) is 2.41. The van der Waals surface area contributed by atoms with Gasteiger partial charge < -0.3 is 10.2 Å². The Balaban J connectivity index is 2.16. The molecule has 0 amide bonds. The number of hydrogen-bond acceptors (Lipinski definition) is 3. The van der Waals surface area contributed by atoms with Crippen molar-refractivity contribution < 1.29 is 0 Å². The SMILES string of the molecule is CCc1ccc(C(C)Nc2ccccc2N(C)C)s1. The first-order chi connectivity index (χ1) is 9.11. The maximum Gasteiger partial charge on any atom is 0.0596 e. The van der Waals surface area contributed by atoms with Crippen LogP contribution in [0.25, 0.3) is 0 Å². The molecule has 1 heterocycles. The fourth-order valence-corrected chi connectivity index (χ4v) is 3.06. The molecule has 2 aromatic rings. The van der Waals surface area contributed by atoms with Crippen molar-refractivity contribution in [1.29, 1.82) is 0 Å². The van der Waals surface area contributed by atoms with E-state index in [1.807, 2.05) is 11.3 Å². The Morgan fingerprint density at radius 3 is 2.53 bits per heavy atom. The number of hydrogen-bond donors (Lipinski definition) is 1. The number of nitrogens with one attached hydrogen (secondary N) is 1. The fourth-order valence-electron chi connectivity index (χ4n) is 2.11. The smallest absolute Gasteiger partial charge is 0.0596 e. The first-order valence-electron chi connectivity index (χ1n) is 6.73. The molecule has 0 saturated carbocycles. The van der Waals surface area contributed by atoms with Gasteiger partial charge in [-0.15, -0.1) is 11.3 Å². The van der Waals surface area contributed by atoms with Gasteiger partial charge in [0.1, 0.15) is 0 Å². The van der Waals surface area contributed by atoms with E-state index >= 15 is 0 Å². The highest BCUT2D eigenvalue weighted by atomic mass is 32.1. The van der Waals surface area contributed by atoms with Gasteiger partial charge in [-0.05, 0) is 37.6 Å². The van der Waals surface area contributed by atoms with Crippen molar-refractivity contribution in [3.05, 3.63) is 46.2 Å². The monoisotopic (exact) mass is 274 g/mol.